The monoisotopic (exact) mass is 295 g/mol. The number of benzene rings is 1. The molecule has 0 atom stereocenters. The Morgan fingerprint density at radius 2 is 2.16 bits per heavy atom. The number of ether oxygens (including phenoxy) is 1. The smallest absolute Gasteiger partial charge is 0.148 e. The zero-order chi connectivity index (χ0) is 13.5. The lowest BCUT2D eigenvalue weighted by atomic mass is 10.2. The largest absolute Gasteiger partial charge is 0.383 e. The van der Waals surface area contributed by atoms with Crippen molar-refractivity contribution in [1.82, 2.24) is 15.5 Å². The van der Waals surface area contributed by atoms with Crippen molar-refractivity contribution >= 4 is 23.1 Å². The molecule has 0 unspecified atom stereocenters. The second-order valence-corrected chi connectivity index (χ2v) is 5.78. The summed E-state index contributed by atoms with van der Waals surface area (Å²) in [4.78, 5) is 1.23. The highest BCUT2D eigenvalue weighted by molar-refractivity contribution is 7.98. The standard InChI is InChI=1S/C13H17N3OS2/c1-17-8-7-14-9-12-15-16-13(19-12)10-5-3-4-6-11(10)18-2/h3-6,14H,7-9H2,1-2H3. The summed E-state index contributed by atoms with van der Waals surface area (Å²) in [6, 6.07) is 8.28. The van der Waals surface area contributed by atoms with Crippen LogP contribution in [-0.4, -0.2) is 36.7 Å². The molecule has 2 rings (SSSR count). The van der Waals surface area contributed by atoms with Crippen molar-refractivity contribution in [2.75, 3.05) is 26.5 Å². The molecule has 0 bridgehead atoms. The lowest BCUT2D eigenvalue weighted by molar-refractivity contribution is 0.199. The number of rotatable bonds is 7. The fraction of sp³-hybridized carbons (Fsp3) is 0.385. The van der Waals surface area contributed by atoms with Crippen LogP contribution in [0.2, 0.25) is 0 Å². The number of aromatic nitrogens is 2. The van der Waals surface area contributed by atoms with Gasteiger partial charge in [-0.05, 0) is 12.3 Å². The summed E-state index contributed by atoms with van der Waals surface area (Å²) >= 11 is 3.37. The highest BCUT2D eigenvalue weighted by atomic mass is 32.2. The lowest BCUT2D eigenvalue weighted by Crippen LogP contribution is -2.18. The van der Waals surface area contributed by atoms with Crippen LogP contribution in [0.25, 0.3) is 10.6 Å². The highest BCUT2D eigenvalue weighted by Gasteiger charge is 2.09. The molecule has 1 heterocycles. The van der Waals surface area contributed by atoms with Gasteiger partial charge in [0.1, 0.15) is 10.0 Å². The van der Waals surface area contributed by atoms with Crippen LogP contribution >= 0.6 is 23.1 Å². The van der Waals surface area contributed by atoms with Crippen LogP contribution in [0.5, 0.6) is 0 Å². The minimum absolute atomic E-state index is 0.709. The molecule has 0 saturated heterocycles. The topological polar surface area (TPSA) is 47.0 Å². The maximum atomic E-state index is 4.99. The second kappa shape index (κ2) is 7.59. The molecule has 0 amide bonds. The number of hydrogen-bond donors (Lipinski definition) is 1. The van der Waals surface area contributed by atoms with Crippen LogP contribution < -0.4 is 5.32 Å². The number of nitrogens with one attached hydrogen (secondary N) is 1. The average molecular weight is 295 g/mol. The first-order valence-electron chi connectivity index (χ1n) is 6.00. The Bertz CT molecular complexity index is 516. The molecule has 0 saturated carbocycles. The predicted octanol–water partition coefficient (Wildman–Crippen LogP) is 2.66. The summed E-state index contributed by atoms with van der Waals surface area (Å²) in [5.41, 5.74) is 1.16. The van der Waals surface area contributed by atoms with E-state index in [2.05, 4.69) is 33.9 Å². The van der Waals surface area contributed by atoms with Gasteiger partial charge in [-0.1, -0.05) is 29.5 Å². The Labute approximate surface area is 121 Å². The van der Waals surface area contributed by atoms with Crippen LogP contribution in [0.1, 0.15) is 5.01 Å². The average Bonchev–Trinajstić information content (AvgIpc) is 2.92. The molecule has 4 nitrogen and oxygen atoms in total. The van der Waals surface area contributed by atoms with E-state index in [-0.39, 0.29) is 0 Å². The molecule has 0 fully saturated rings. The summed E-state index contributed by atoms with van der Waals surface area (Å²) in [5.74, 6) is 0. The van der Waals surface area contributed by atoms with Crippen molar-refractivity contribution in [2.45, 2.75) is 11.4 Å². The summed E-state index contributed by atoms with van der Waals surface area (Å²) in [6.45, 7) is 2.27. The third-order valence-electron chi connectivity index (χ3n) is 2.56. The van der Waals surface area contributed by atoms with Gasteiger partial charge in [0.05, 0.1) is 6.61 Å². The van der Waals surface area contributed by atoms with Gasteiger partial charge in [0, 0.05) is 30.7 Å². The van der Waals surface area contributed by atoms with Gasteiger partial charge >= 0.3 is 0 Å². The zero-order valence-electron chi connectivity index (χ0n) is 11.0. The van der Waals surface area contributed by atoms with Gasteiger partial charge in [0.15, 0.2) is 0 Å². The van der Waals surface area contributed by atoms with E-state index in [0.29, 0.717) is 6.61 Å². The Morgan fingerprint density at radius 1 is 1.32 bits per heavy atom. The van der Waals surface area contributed by atoms with Crippen LogP contribution in [0, 0.1) is 0 Å². The van der Waals surface area contributed by atoms with E-state index < -0.39 is 0 Å². The van der Waals surface area contributed by atoms with Gasteiger partial charge in [-0.2, -0.15) is 0 Å². The van der Waals surface area contributed by atoms with E-state index in [1.807, 2.05) is 12.1 Å². The maximum absolute atomic E-state index is 4.99. The van der Waals surface area contributed by atoms with Crippen molar-refractivity contribution in [3.63, 3.8) is 0 Å². The molecule has 0 radical (unpaired) electrons. The van der Waals surface area contributed by atoms with Crippen molar-refractivity contribution in [3.8, 4) is 10.6 Å². The molecule has 19 heavy (non-hydrogen) atoms. The quantitative estimate of drug-likeness (QED) is 0.628. The van der Waals surface area contributed by atoms with E-state index >= 15 is 0 Å². The first kappa shape index (κ1) is 14.5. The number of hydrogen-bond acceptors (Lipinski definition) is 6. The molecular weight excluding hydrogens is 278 g/mol. The molecule has 102 valence electrons. The van der Waals surface area contributed by atoms with E-state index in [1.54, 1.807) is 30.2 Å². The lowest BCUT2D eigenvalue weighted by Gasteiger charge is -2.02. The van der Waals surface area contributed by atoms with Gasteiger partial charge in [-0.15, -0.1) is 22.0 Å². The van der Waals surface area contributed by atoms with Gasteiger partial charge < -0.3 is 10.1 Å². The Balaban J connectivity index is 2.04. The number of methoxy groups -OCH3 is 1. The molecule has 2 aromatic rings. The Hall–Kier alpha value is -0.950. The SMILES string of the molecule is COCCNCc1nnc(-c2ccccc2SC)s1. The van der Waals surface area contributed by atoms with Crippen molar-refractivity contribution in [3.05, 3.63) is 29.3 Å². The van der Waals surface area contributed by atoms with E-state index in [9.17, 15) is 0 Å². The summed E-state index contributed by atoms with van der Waals surface area (Å²) < 4.78 is 4.99. The number of thioether (sulfide) groups is 1. The molecule has 1 aromatic heterocycles. The molecule has 0 aliphatic heterocycles. The normalized spacial score (nSPS) is 10.8. The van der Waals surface area contributed by atoms with Gasteiger partial charge in [0.2, 0.25) is 0 Å². The molecule has 0 spiro atoms. The van der Waals surface area contributed by atoms with Gasteiger partial charge in [-0.25, -0.2) is 0 Å². The molecule has 0 aliphatic rings. The van der Waals surface area contributed by atoms with Gasteiger partial charge in [-0.3, -0.25) is 0 Å². The summed E-state index contributed by atoms with van der Waals surface area (Å²) in [5, 5.41) is 13.8. The molecular formula is C13H17N3OS2. The Kier molecular flexibility index (Phi) is 5.78. The van der Waals surface area contributed by atoms with E-state index in [1.165, 1.54) is 4.90 Å². The second-order valence-electron chi connectivity index (χ2n) is 3.87. The van der Waals surface area contributed by atoms with Crippen LogP contribution in [0.3, 0.4) is 0 Å². The number of nitrogens with zero attached hydrogens (tertiary/aromatic N) is 2. The molecule has 0 aliphatic carbocycles. The van der Waals surface area contributed by atoms with Gasteiger partial charge in [0.25, 0.3) is 0 Å². The molecule has 1 N–H and O–H groups in total. The third kappa shape index (κ3) is 4.01. The molecule has 1 aromatic carbocycles. The summed E-state index contributed by atoms with van der Waals surface area (Å²) in [7, 11) is 1.70. The first-order chi connectivity index (χ1) is 9.35. The highest BCUT2D eigenvalue weighted by Crippen LogP contribution is 2.31. The summed E-state index contributed by atoms with van der Waals surface area (Å²) in [6.07, 6.45) is 2.08. The Morgan fingerprint density at radius 3 is 2.95 bits per heavy atom. The van der Waals surface area contributed by atoms with Crippen molar-refractivity contribution in [1.29, 1.82) is 0 Å². The predicted molar refractivity (Wildman–Crippen MR) is 80.7 cm³/mol. The first-order valence-corrected chi connectivity index (χ1v) is 8.04. The van der Waals surface area contributed by atoms with Crippen molar-refractivity contribution < 1.29 is 4.74 Å². The fourth-order valence-corrected chi connectivity index (χ4v) is 3.14. The minimum Gasteiger partial charge on any atom is -0.383 e. The molecule has 6 heteroatoms. The zero-order valence-corrected chi connectivity index (χ0v) is 12.7. The van der Waals surface area contributed by atoms with Crippen LogP contribution in [0.4, 0.5) is 0 Å². The van der Waals surface area contributed by atoms with Crippen LogP contribution in [-0.2, 0) is 11.3 Å². The maximum Gasteiger partial charge on any atom is 0.148 e. The third-order valence-corrected chi connectivity index (χ3v) is 4.32. The fourth-order valence-electron chi connectivity index (χ4n) is 1.62. The van der Waals surface area contributed by atoms with Crippen molar-refractivity contribution in [2.24, 2.45) is 0 Å². The van der Waals surface area contributed by atoms with E-state index in [0.717, 1.165) is 28.7 Å². The minimum atomic E-state index is 0.709. The van der Waals surface area contributed by atoms with E-state index in [4.69, 9.17) is 4.74 Å². The van der Waals surface area contributed by atoms with Crippen LogP contribution in [0.15, 0.2) is 29.2 Å².